The van der Waals surface area contributed by atoms with E-state index >= 15 is 0 Å². The zero-order valence-electron chi connectivity index (χ0n) is 11.8. The van der Waals surface area contributed by atoms with E-state index in [-0.39, 0.29) is 0 Å². The van der Waals surface area contributed by atoms with E-state index in [1.54, 1.807) is 0 Å². The van der Waals surface area contributed by atoms with Crippen LogP contribution in [0.5, 0.6) is 5.75 Å². The molecule has 0 heterocycles. The Hall–Kier alpha value is -1.28. The number of benzene rings is 1. The molecule has 2 nitrogen and oxygen atoms in total. The maximum Gasteiger partial charge on any atom is 0.123 e. The van der Waals surface area contributed by atoms with Gasteiger partial charge in [0.05, 0.1) is 0 Å². The minimum Gasteiger partial charge on any atom is -0.489 e. The number of nitrogens with one attached hydrogen (secondary N) is 1. The summed E-state index contributed by atoms with van der Waals surface area (Å²) in [6.07, 6.45) is 1.12. The van der Waals surface area contributed by atoms with Crippen LogP contribution in [0.2, 0.25) is 0 Å². The number of rotatable bonds is 8. The van der Waals surface area contributed by atoms with E-state index in [1.165, 1.54) is 5.56 Å². The SMILES string of the molecule is C=C(CNCC)COc1ccccc1C(C)CC. The van der Waals surface area contributed by atoms with Crippen molar-refractivity contribution >= 4 is 0 Å². The molecule has 0 bridgehead atoms. The summed E-state index contributed by atoms with van der Waals surface area (Å²) in [5, 5.41) is 3.25. The largest absolute Gasteiger partial charge is 0.489 e. The molecule has 0 radical (unpaired) electrons. The quantitative estimate of drug-likeness (QED) is 0.706. The average molecular weight is 247 g/mol. The zero-order chi connectivity index (χ0) is 13.4. The highest BCUT2D eigenvalue weighted by molar-refractivity contribution is 5.36. The second kappa shape index (κ2) is 7.93. The van der Waals surface area contributed by atoms with Crippen LogP contribution in [-0.4, -0.2) is 19.7 Å². The average Bonchev–Trinajstić information content (AvgIpc) is 2.42. The van der Waals surface area contributed by atoms with Crippen LogP contribution in [0.3, 0.4) is 0 Å². The Balaban J connectivity index is 2.59. The standard InChI is InChI=1S/C16H25NO/c1-5-14(4)15-9-7-8-10-16(15)18-12-13(3)11-17-6-2/h7-10,14,17H,3,5-6,11-12H2,1-2,4H3. The van der Waals surface area contributed by atoms with Gasteiger partial charge >= 0.3 is 0 Å². The van der Waals surface area contributed by atoms with E-state index in [0.717, 1.165) is 30.8 Å². The molecule has 1 aromatic rings. The number of ether oxygens (including phenoxy) is 1. The van der Waals surface area contributed by atoms with Gasteiger partial charge in [0.15, 0.2) is 0 Å². The maximum atomic E-state index is 5.88. The van der Waals surface area contributed by atoms with Crippen LogP contribution in [0.15, 0.2) is 36.4 Å². The number of likely N-dealkylation sites (N-methyl/N-ethyl adjacent to an activating group) is 1. The van der Waals surface area contributed by atoms with Gasteiger partial charge in [-0.25, -0.2) is 0 Å². The third kappa shape index (κ3) is 4.53. The lowest BCUT2D eigenvalue weighted by molar-refractivity contribution is 0.342. The lowest BCUT2D eigenvalue weighted by Crippen LogP contribution is -2.19. The van der Waals surface area contributed by atoms with E-state index in [0.29, 0.717) is 12.5 Å². The fourth-order valence-electron chi connectivity index (χ4n) is 1.77. The fraction of sp³-hybridized carbons (Fsp3) is 0.500. The highest BCUT2D eigenvalue weighted by Crippen LogP contribution is 2.28. The topological polar surface area (TPSA) is 21.3 Å². The summed E-state index contributed by atoms with van der Waals surface area (Å²) >= 11 is 0. The van der Waals surface area contributed by atoms with Crippen molar-refractivity contribution in [3.05, 3.63) is 42.0 Å². The van der Waals surface area contributed by atoms with E-state index in [4.69, 9.17) is 4.74 Å². The van der Waals surface area contributed by atoms with Crippen LogP contribution in [-0.2, 0) is 0 Å². The summed E-state index contributed by atoms with van der Waals surface area (Å²) < 4.78 is 5.88. The normalized spacial score (nSPS) is 12.2. The minimum atomic E-state index is 0.531. The summed E-state index contributed by atoms with van der Waals surface area (Å²) in [5.74, 6) is 1.52. The molecular formula is C16H25NO. The van der Waals surface area contributed by atoms with Crippen molar-refractivity contribution in [3.63, 3.8) is 0 Å². The van der Waals surface area contributed by atoms with Crippen molar-refractivity contribution < 1.29 is 4.74 Å². The van der Waals surface area contributed by atoms with E-state index in [2.05, 4.69) is 44.8 Å². The molecule has 1 unspecified atom stereocenters. The molecule has 0 aromatic heterocycles. The van der Waals surface area contributed by atoms with Gasteiger partial charge in [0, 0.05) is 6.54 Å². The first-order valence-corrected chi connectivity index (χ1v) is 6.78. The highest BCUT2D eigenvalue weighted by Gasteiger charge is 2.09. The van der Waals surface area contributed by atoms with Gasteiger partial charge in [0.1, 0.15) is 12.4 Å². The van der Waals surface area contributed by atoms with Crippen LogP contribution in [0.4, 0.5) is 0 Å². The van der Waals surface area contributed by atoms with Gasteiger partial charge in [0.2, 0.25) is 0 Å². The molecule has 0 aliphatic heterocycles. The predicted octanol–water partition coefficient (Wildman–Crippen LogP) is 3.74. The third-order valence-corrected chi connectivity index (χ3v) is 3.12. The molecule has 100 valence electrons. The van der Waals surface area contributed by atoms with Gasteiger partial charge < -0.3 is 10.1 Å². The Labute approximate surface area is 111 Å². The van der Waals surface area contributed by atoms with Gasteiger partial charge in [0.25, 0.3) is 0 Å². The molecule has 1 N–H and O–H groups in total. The summed E-state index contributed by atoms with van der Waals surface area (Å²) in [4.78, 5) is 0. The number of para-hydroxylation sites is 1. The van der Waals surface area contributed by atoms with Crippen LogP contribution < -0.4 is 10.1 Å². The van der Waals surface area contributed by atoms with Gasteiger partial charge in [-0.15, -0.1) is 0 Å². The van der Waals surface area contributed by atoms with Crippen LogP contribution in [0, 0.1) is 0 Å². The van der Waals surface area contributed by atoms with Gasteiger partial charge in [-0.1, -0.05) is 45.5 Å². The fourth-order valence-corrected chi connectivity index (χ4v) is 1.77. The molecule has 0 spiro atoms. The first kappa shape index (κ1) is 14.8. The summed E-state index contributed by atoms with van der Waals surface area (Å²) in [6, 6.07) is 8.29. The van der Waals surface area contributed by atoms with Crippen molar-refractivity contribution in [2.45, 2.75) is 33.1 Å². The summed E-state index contributed by atoms with van der Waals surface area (Å²) in [5.41, 5.74) is 2.37. The summed E-state index contributed by atoms with van der Waals surface area (Å²) in [7, 11) is 0. The smallest absolute Gasteiger partial charge is 0.123 e. The van der Waals surface area contributed by atoms with Crippen molar-refractivity contribution in [3.8, 4) is 5.75 Å². The second-order valence-corrected chi connectivity index (χ2v) is 4.67. The first-order valence-electron chi connectivity index (χ1n) is 6.78. The van der Waals surface area contributed by atoms with Crippen molar-refractivity contribution in [1.82, 2.24) is 5.32 Å². The van der Waals surface area contributed by atoms with E-state index in [9.17, 15) is 0 Å². The highest BCUT2D eigenvalue weighted by atomic mass is 16.5. The van der Waals surface area contributed by atoms with Crippen LogP contribution in [0.1, 0.15) is 38.7 Å². The number of hydrogen-bond donors (Lipinski definition) is 1. The molecule has 0 aliphatic rings. The molecular weight excluding hydrogens is 222 g/mol. The van der Waals surface area contributed by atoms with Gasteiger partial charge in [-0.2, -0.15) is 0 Å². The predicted molar refractivity (Wildman–Crippen MR) is 78.3 cm³/mol. The molecule has 1 atom stereocenters. The third-order valence-electron chi connectivity index (χ3n) is 3.12. The Bertz CT molecular complexity index is 373. The molecule has 0 amide bonds. The van der Waals surface area contributed by atoms with Crippen molar-refractivity contribution in [2.75, 3.05) is 19.7 Å². The Morgan fingerprint density at radius 2 is 2.06 bits per heavy atom. The minimum absolute atomic E-state index is 0.531. The number of hydrogen-bond acceptors (Lipinski definition) is 2. The maximum absolute atomic E-state index is 5.88. The molecule has 0 aliphatic carbocycles. The Morgan fingerprint density at radius 3 is 2.72 bits per heavy atom. The first-order chi connectivity index (χ1) is 8.69. The van der Waals surface area contributed by atoms with Crippen LogP contribution >= 0.6 is 0 Å². The van der Waals surface area contributed by atoms with Crippen LogP contribution in [0.25, 0.3) is 0 Å². The second-order valence-electron chi connectivity index (χ2n) is 4.67. The Morgan fingerprint density at radius 1 is 1.33 bits per heavy atom. The summed E-state index contributed by atoms with van der Waals surface area (Å²) in [6.45, 7) is 12.9. The molecule has 1 rings (SSSR count). The molecule has 18 heavy (non-hydrogen) atoms. The lowest BCUT2D eigenvalue weighted by atomic mass is 9.98. The lowest BCUT2D eigenvalue weighted by Gasteiger charge is -2.16. The monoisotopic (exact) mass is 247 g/mol. The van der Waals surface area contributed by atoms with Gasteiger partial charge in [-0.05, 0) is 36.1 Å². The Kier molecular flexibility index (Phi) is 6.51. The molecule has 0 saturated carbocycles. The molecule has 0 saturated heterocycles. The van der Waals surface area contributed by atoms with Gasteiger partial charge in [-0.3, -0.25) is 0 Å². The van der Waals surface area contributed by atoms with Crippen molar-refractivity contribution in [1.29, 1.82) is 0 Å². The van der Waals surface area contributed by atoms with E-state index in [1.807, 2.05) is 12.1 Å². The van der Waals surface area contributed by atoms with Crippen molar-refractivity contribution in [2.24, 2.45) is 0 Å². The molecule has 2 heteroatoms. The van der Waals surface area contributed by atoms with E-state index < -0.39 is 0 Å². The molecule has 0 fully saturated rings. The zero-order valence-corrected chi connectivity index (χ0v) is 11.8. The molecule has 1 aromatic carbocycles.